The summed E-state index contributed by atoms with van der Waals surface area (Å²) in [5.74, 6) is 1.29. The van der Waals surface area contributed by atoms with Crippen LogP contribution in [0.2, 0.25) is 0 Å². The van der Waals surface area contributed by atoms with Gasteiger partial charge in [0.25, 0.3) is 5.56 Å². The Kier molecular flexibility index (Phi) is 18.9. The Hall–Kier alpha value is -5.60. The lowest BCUT2D eigenvalue weighted by molar-refractivity contribution is -0.0966. The van der Waals surface area contributed by atoms with E-state index in [1.165, 1.54) is 12.3 Å². The van der Waals surface area contributed by atoms with Gasteiger partial charge in [-0.25, -0.2) is 14.4 Å². The van der Waals surface area contributed by atoms with Gasteiger partial charge in [0.2, 0.25) is 0 Å². The highest BCUT2D eigenvalue weighted by Crippen LogP contribution is 2.43. The van der Waals surface area contributed by atoms with Gasteiger partial charge in [-0.15, -0.1) is 0 Å². The van der Waals surface area contributed by atoms with Crippen LogP contribution in [0.3, 0.4) is 0 Å². The summed E-state index contributed by atoms with van der Waals surface area (Å²) >= 11 is 0. The Morgan fingerprint density at radius 1 is 0.645 bits per heavy atom. The van der Waals surface area contributed by atoms with E-state index in [-0.39, 0.29) is 6.61 Å². The van der Waals surface area contributed by atoms with E-state index in [0.29, 0.717) is 24.6 Å². The molecule has 14 nitrogen and oxygen atoms in total. The van der Waals surface area contributed by atoms with Crippen LogP contribution in [-0.4, -0.2) is 74.0 Å². The highest BCUT2D eigenvalue weighted by Gasteiger charge is 2.52. The lowest BCUT2D eigenvalue weighted by Crippen LogP contribution is -2.46. The van der Waals surface area contributed by atoms with Crippen molar-refractivity contribution in [3.63, 3.8) is 0 Å². The Bertz CT molecular complexity index is 2010. The van der Waals surface area contributed by atoms with Gasteiger partial charge in [0, 0.05) is 25.4 Å². The van der Waals surface area contributed by atoms with E-state index in [9.17, 15) is 19.2 Å². The molecule has 5 rings (SSSR count). The number of aromatic amines is 1. The maximum atomic E-state index is 13.6. The monoisotopic (exact) mass is 856 g/mol. The maximum Gasteiger partial charge on any atom is 0.407 e. The van der Waals surface area contributed by atoms with Crippen LogP contribution in [0.1, 0.15) is 114 Å². The van der Waals surface area contributed by atoms with Crippen molar-refractivity contribution in [1.82, 2.24) is 20.2 Å². The van der Waals surface area contributed by atoms with Crippen LogP contribution >= 0.6 is 0 Å². The molecule has 1 aliphatic rings. The van der Waals surface area contributed by atoms with Gasteiger partial charge >= 0.3 is 17.9 Å². The molecule has 0 aliphatic carbocycles. The molecule has 0 bridgehead atoms. The Labute approximate surface area is 364 Å². The number of alkyl carbamates (subject to hydrolysis) is 2. The molecule has 0 unspecified atom stereocenters. The van der Waals surface area contributed by atoms with Crippen molar-refractivity contribution in [3.05, 3.63) is 129 Å². The van der Waals surface area contributed by atoms with E-state index in [1.807, 2.05) is 78.9 Å². The molecule has 2 heterocycles. The number of rotatable bonds is 25. The molecular weight excluding hydrogens is 793 g/mol. The summed E-state index contributed by atoms with van der Waals surface area (Å²) in [5.41, 5.74) is -0.434. The molecule has 0 spiro atoms. The molecule has 1 aliphatic heterocycles. The SMILES string of the molecule is CCCCCCCCNC(=O)O[C@@H]1[C@H](OC(=O)NCCCCCCCC)[C@@H](COC(c2ccccc2)(c2ccc(OC)cc2)c2ccc(OC)cc2)O[C@H]1n1ccc(=O)[nH]c1=O. The number of carbonyl (C=O) groups is 2. The molecule has 1 aromatic heterocycles. The minimum atomic E-state index is -1.34. The third kappa shape index (κ3) is 13.0. The molecule has 1 fully saturated rings. The number of unbranched alkanes of at least 4 members (excludes halogenated alkanes) is 10. The second kappa shape index (κ2) is 24.7. The number of carbonyl (C=O) groups excluding carboxylic acids is 2. The lowest BCUT2D eigenvalue weighted by atomic mass is 9.80. The summed E-state index contributed by atoms with van der Waals surface area (Å²) in [6.07, 6.45) is 7.07. The molecule has 2 amide bonds. The van der Waals surface area contributed by atoms with E-state index >= 15 is 0 Å². The fraction of sp³-hybridized carbons (Fsp3) is 0.500. The first kappa shape index (κ1) is 47.4. The predicted molar refractivity (Wildman–Crippen MR) is 237 cm³/mol. The zero-order valence-electron chi connectivity index (χ0n) is 36.6. The number of nitrogens with one attached hydrogen (secondary N) is 3. The van der Waals surface area contributed by atoms with Crippen molar-refractivity contribution in [2.45, 2.75) is 121 Å². The van der Waals surface area contributed by atoms with Crippen molar-refractivity contribution < 1.29 is 38.0 Å². The van der Waals surface area contributed by atoms with E-state index < -0.39 is 53.6 Å². The molecule has 3 aromatic carbocycles. The first-order valence-electron chi connectivity index (χ1n) is 22.1. The average molecular weight is 857 g/mol. The van der Waals surface area contributed by atoms with Gasteiger partial charge in [-0.2, -0.15) is 0 Å². The van der Waals surface area contributed by atoms with Gasteiger partial charge in [0.05, 0.1) is 20.8 Å². The fourth-order valence-corrected chi connectivity index (χ4v) is 7.77. The van der Waals surface area contributed by atoms with Crippen molar-refractivity contribution in [3.8, 4) is 11.5 Å². The molecule has 62 heavy (non-hydrogen) atoms. The van der Waals surface area contributed by atoms with Gasteiger partial charge in [-0.3, -0.25) is 14.3 Å². The highest BCUT2D eigenvalue weighted by atomic mass is 16.7. The summed E-state index contributed by atoms with van der Waals surface area (Å²) < 4.78 is 38.1. The van der Waals surface area contributed by atoms with Crippen molar-refractivity contribution in [1.29, 1.82) is 0 Å². The topological polar surface area (TPSA) is 168 Å². The quantitative estimate of drug-likeness (QED) is 0.0435. The maximum absolute atomic E-state index is 13.6. The molecule has 0 saturated carbocycles. The molecule has 4 atom stereocenters. The molecular formula is C48H64N4O10. The number of benzene rings is 3. The number of aromatic nitrogens is 2. The zero-order chi connectivity index (χ0) is 44.2. The van der Waals surface area contributed by atoms with E-state index in [4.69, 9.17) is 28.4 Å². The largest absolute Gasteiger partial charge is 0.497 e. The molecule has 336 valence electrons. The smallest absolute Gasteiger partial charge is 0.407 e. The van der Waals surface area contributed by atoms with Crippen molar-refractivity contribution in [2.24, 2.45) is 0 Å². The minimum absolute atomic E-state index is 0.226. The standard InChI is InChI=1S/C48H64N4O10/c1-5-7-9-11-13-18-31-49-46(55)61-42-40(60-44(52-33-30-41(53)51-45(52)54)43(42)62-47(56)50-32-19-14-12-10-8-6-2)34-59-48(35-20-16-15-17-21-35,36-22-26-38(57-3)27-23-36)37-24-28-39(58-4)29-25-37/h15-17,20-30,33,40,42-44H,5-14,18-19,31-32,34H2,1-4H3,(H,49,55)(H,50,56)(H,51,53,54)/t40-,42-,43-,44-/m1/s1. The van der Waals surface area contributed by atoms with E-state index in [1.54, 1.807) is 14.2 Å². The number of H-pyrrole nitrogens is 1. The summed E-state index contributed by atoms with van der Waals surface area (Å²) in [4.78, 5) is 55.0. The highest BCUT2D eigenvalue weighted by molar-refractivity contribution is 5.68. The first-order chi connectivity index (χ1) is 30.2. The van der Waals surface area contributed by atoms with Crippen molar-refractivity contribution in [2.75, 3.05) is 33.9 Å². The molecule has 1 saturated heterocycles. The summed E-state index contributed by atoms with van der Waals surface area (Å²) in [5, 5.41) is 5.67. The number of amides is 2. The summed E-state index contributed by atoms with van der Waals surface area (Å²) in [7, 11) is 3.19. The van der Waals surface area contributed by atoms with Crippen LogP contribution < -0.4 is 31.4 Å². The van der Waals surface area contributed by atoms with E-state index in [2.05, 4.69) is 29.5 Å². The Morgan fingerprint density at radius 3 is 1.63 bits per heavy atom. The second-order valence-corrected chi connectivity index (χ2v) is 15.5. The van der Waals surface area contributed by atoms with Crippen LogP contribution in [0, 0.1) is 0 Å². The summed E-state index contributed by atoms with van der Waals surface area (Å²) in [6.45, 7) is 4.83. The second-order valence-electron chi connectivity index (χ2n) is 15.5. The third-order valence-electron chi connectivity index (χ3n) is 11.1. The minimum Gasteiger partial charge on any atom is -0.497 e. The van der Waals surface area contributed by atoms with Gasteiger partial charge in [-0.1, -0.05) is 133 Å². The van der Waals surface area contributed by atoms with Gasteiger partial charge in [0.1, 0.15) is 23.2 Å². The molecule has 14 heteroatoms. The number of hydrogen-bond acceptors (Lipinski definition) is 10. The molecule has 4 aromatic rings. The third-order valence-corrected chi connectivity index (χ3v) is 11.1. The fourth-order valence-electron chi connectivity index (χ4n) is 7.77. The number of nitrogens with zero attached hydrogens (tertiary/aromatic N) is 1. The van der Waals surface area contributed by atoms with Gasteiger partial charge < -0.3 is 39.1 Å². The summed E-state index contributed by atoms with van der Waals surface area (Å²) in [6, 6.07) is 25.9. The molecule has 0 radical (unpaired) electrons. The van der Waals surface area contributed by atoms with Crippen LogP contribution in [0.25, 0.3) is 0 Å². The van der Waals surface area contributed by atoms with Crippen LogP contribution in [0.4, 0.5) is 9.59 Å². The van der Waals surface area contributed by atoms with Crippen LogP contribution in [0.5, 0.6) is 11.5 Å². The zero-order valence-corrected chi connectivity index (χ0v) is 36.6. The normalized spacial score (nSPS) is 17.3. The Balaban J connectivity index is 1.51. The van der Waals surface area contributed by atoms with Crippen LogP contribution in [0.15, 0.2) is 101 Å². The Morgan fingerprint density at radius 2 is 1.13 bits per heavy atom. The van der Waals surface area contributed by atoms with Gasteiger partial charge in [0.15, 0.2) is 18.4 Å². The van der Waals surface area contributed by atoms with Gasteiger partial charge in [-0.05, 0) is 53.8 Å². The first-order valence-corrected chi connectivity index (χ1v) is 22.1. The van der Waals surface area contributed by atoms with E-state index in [0.717, 1.165) is 98.3 Å². The number of hydrogen-bond donors (Lipinski definition) is 3. The average Bonchev–Trinajstić information content (AvgIpc) is 3.61. The molecule has 3 N–H and O–H groups in total. The van der Waals surface area contributed by atoms with Crippen LogP contribution in [-0.2, 0) is 24.5 Å². The van der Waals surface area contributed by atoms with Crippen molar-refractivity contribution >= 4 is 12.2 Å². The number of ether oxygens (including phenoxy) is 6. The number of methoxy groups -OCH3 is 2. The lowest BCUT2D eigenvalue weighted by Gasteiger charge is -2.37. The predicted octanol–water partition coefficient (Wildman–Crippen LogP) is 8.37.